The molecule has 1 aliphatic heterocycles. The summed E-state index contributed by atoms with van der Waals surface area (Å²) in [6, 6.07) is 26.2. The zero-order valence-corrected chi connectivity index (χ0v) is 22.2. The lowest BCUT2D eigenvalue weighted by Gasteiger charge is -2.26. The average molecular weight is 528 g/mol. The summed E-state index contributed by atoms with van der Waals surface area (Å²) in [5, 5.41) is 0. The third kappa shape index (κ3) is 6.55. The van der Waals surface area contributed by atoms with E-state index in [0.29, 0.717) is 0 Å². The molecule has 0 radical (unpaired) electrons. The molecule has 1 fully saturated rings. The van der Waals surface area contributed by atoms with Gasteiger partial charge in [0.1, 0.15) is 12.6 Å². The molecule has 1 amide bonds. The summed E-state index contributed by atoms with van der Waals surface area (Å²) in [4.78, 5) is 40.3. The topological polar surface area (TPSA) is 82.1 Å². The highest BCUT2D eigenvalue weighted by atomic mass is 16.6. The first-order valence-corrected chi connectivity index (χ1v) is 13.0. The lowest BCUT2D eigenvalue weighted by molar-refractivity contribution is -0.150. The molecule has 0 saturated carbocycles. The fourth-order valence-corrected chi connectivity index (χ4v) is 5.05. The Morgan fingerprint density at radius 3 is 2.10 bits per heavy atom. The Bertz CT molecular complexity index is 1290. The summed E-state index contributed by atoms with van der Waals surface area (Å²) in [5.41, 5.74) is 4.55. The van der Waals surface area contributed by atoms with Crippen LogP contribution in [0.1, 0.15) is 24.5 Å². The first-order chi connectivity index (χ1) is 18.9. The molecule has 0 unspecified atom stereocenters. The van der Waals surface area contributed by atoms with Crippen LogP contribution in [0.25, 0.3) is 16.7 Å². The molecule has 1 aliphatic rings. The van der Waals surface area contributed by atoms with Gasteiger partial charge in [-0.25, -0.2) is 9.59 Å². The number of carbonyl (C=O) groups is 3. The third-order valence-electron chi connectivity index (χ3n) is 7.06. The summed E-state index contributed by atoms with van der Waals surface area (Å²) in [7, 11) is 1.30. The van der Waals surface area contributed by atoms with Gasteiger partial charge in [-0.2, -0.15) is 0 Å². The standard InChI is InChI=1S/C32H33NO6/c1-4-38-31(35)30-27(19-29(34)37-3)28(20-33(30)32(36)39-21-23-11-7-5-8-12-23)22(2)24-15-17-26(18-16-24)25-13-9-6-10-14-25/h5-18,27-28,30H,2,4,19-21H2,1,3H3/t27-,28+,30-/m0/s1. The highest BCUT2D eigenvalue weighted by Gasteiger charge is 2.51. The van der Waals surface area contributed by atoms with Crippen LogP contribution in [0.15, 0.2) is 91.5 Å². The predicted octanol–water partition coefficient (Wildman–Crippen LogP) is 5.75. The number of rotatable bonds is 9. The van der Waals surface area contributed by atoms with Gasteiger partial charge in [0, 0.05) is 18.4 Å². The Labute approximate surface area is 229 Å². The Morgan fingerprint density at radius 1 is 0.872 bits per heavy atom. The molecule has 1 saturated heterocycles. The smallest absolute Gasteiger partial charge is 0.410 e. The molecule has 7 heteroatoms. The van der Waals surface area contributed by atoms with Crippen molar-refractivity contribution in [2.75, 3.05) is 20.3 Å². The monoisotopic (exact) mass is 527 g/mol. The number of esters is 2. The van der Waals surface area contributed by atoms with Crippen molar-refractivity contribution < 1.29 is 28.6 Å². The van der Waals surface area contributed by atoms with Gasteiger partial charge in [0.15, 0.2) is 0 Å². The van der Waals surface area contributed by atoms with Crippen molar-refractivity contribution in [2.45, 2.75) is 26.0 Å². The minimum atomic E-state index is -1.02. The van der Waals surface area contributed by atoms with Gasteiger partial charge in [0.05, 0.1) is 20.1 Å². The van der Waals surface area contributed by atoms with E-state index in [1.54, 1.807) is 6.92 Å². The number of nitrogens with zero attached hydrogens (tertiary/aromatic N) is 1. The van der Waals surface area contributed by atoms with Crippen molar-refractivity contribution in [3.8, 4) is 11.1 Å². The summed E-state index contributed by atoms with van der Waals surface area (Å²) in [6.07, 6.45) is -0.727. The second kappa shape index (κ2) is 12.9. The molecule has 0 spiro atoms. The molecule has 7 nitrogen and oxygen atoms in total. The molecule has 3 aromatic rings. The van der Waals surface area contributed by atoms with E-state index in [-0.39, 0.29) is 26.2 Å². The Kier molecular flexibility index (Phi) is 9.15. The van der Waals surface area contributed by atoms with E-state index in [2.05, 4.69) is 6.58 Å². The first-order valence-electron chi connectivity index (χ1n) is 13.0. The molecular weight excluding hydrogens is 494 g/mol. The van der Waals surface area contributed by atoms with Crippen LogP contribution in [0.3, 0.4) is 0 Å². The molecule has 1 heterocycles. The molecule has 4 rings (SSSR count). The lowest BCUT2D eigenvalue weighted by Crippen LogP contribution is -2.45. The zero-order chi connectivity index (χ0) is 27.8. The van der Waals surface area contributed by atoms with Crippen molar-refractivity contribution in [1.82, 2.24) is 4.90 Å². The highest BCUT2D eigenvalue weighted by Crippen LogP contribution is 2.41. The third-order valence-corrected chi connectivity index (χ3v) is 7.06. The van der Waals surface area contributed by atoms with Crippen LogP contribution in [-0.4, -0.2) is 49.2 Å². The van der Waals surface area contributed by atoms with Gasteiger partial charge in [-0.05, 0) is 34.8 Å². The van der Waals surface area contributed by atoms with Crippen molar-refractivity contribution in [3.63, 3.8) is 0 Å². The van der Waals surface area contributed by atoms with Crippen molar-refractivity contribution in [3.05, 3.63) is 103 Å². The maximum absolute atomic E-state index is 13.3. The maximum Gasteiger partial charge on any atom is 0.410 e. The van der Waals surface area contributed by atoms with Gasteiger partial charge in [-0.3, -0.25) is 9.69 Å². The number of hydrogen-bond donors (Lipinski definition) is 0. The van der Waals surface area contributed by atoms with Gasteiger partial charge < -0.3 is 14.2 Å². The van der Waals surface area contributed by atoms with E-state index in [1.807, 2.05) is 84.9 Å². The normalized spacial score (nSPS) is 18.3. The number of ether oxygens (including phenoxy) is 3. The SMILES string of the molecule is C=C(c1ccc(-c2ccccc2)cc1)[C@H]1CN(C(=O)OCc2ccccc2)[C@H](C(=O)OCC)[C@H]1CC(=O)OC. The number of hydrogen-bond acceptors (Lipinski definition) is 6. The minimum absolute atomic E-state index is 0.0555. The van der Waals surface area contributed by atoms with Crippen molar-refractivity contribution in [2.24, 2.45) is 11.8 Å². The molecule has 0 bridgehead atoms. The molecule has 0 N–H and O–H groups in total. The van der Waals surface area contributed by atoms with Gasteiger partial charge in [-0.15, -0.1) is 0 Å². The lowest BCUT2D eigenvalue weighted by atomic mass is 9.80. The molecule has 0 aliphatic carbocycles. The second-order valence-electron chi connectivity index (χ2n) is 9.41. The van der Waals surface area contributed by atoms with E-state index in [4.69, 9.17) is 14.2 Å². The van der Waals surface area contributed by atoms with Crippen LogP contribution < -0.4 is 0 Å². The van der Waals surface area contributed by atoms with Crippen LogP contribution in [0.2, 0.25) is 0 Å². The number of carbonyl (C=O) groups excluding carboxylic acids is 3. The largest absolute Gasteiger partial charge is 0.469 e. The van der Waals surface area contributed by atoms with Gasteiger partial charge in [0.2, 0.25) is 0 Å². The summed E-state index contributed by atoms with van der Waals surface area (Å²) < 4.78 is 15.9. The molecule has 3 atom stereocenters. The van der Waals surface area contributed by atoms with E-state index in [1.165, 1.54) is 12.0 Å². The van der Waals surface area contributed by atoms with Gasteiger partial charge in [0.25, 0.3) is 0 Å². The van der Waals surface area contributed by atoms with Crippen LogP contribution >= 0.6 is 0 Å². The van der Waals surface area contributed by atoms with E-state index < -0.39 is 35.9 Å². The molecular formula is C32H33NO6. The Morgan fingerprint density at radius 2 is 1.49 bits per heavy atom. The van der Waals surface area contributed by atoms with E-state index in [0.717, 1.165) is 27.8 Å². The van der Waals surface area contributed by atoms with Crippen LogP contribution in [0, 0.1) is 11.8 Å². The highest BCUT2D eigenvalue weighted by molar-refractivity contribution is 5.85. The Balaban J connectivity index is 1.62. The van der Waals surface area contributed by atoms with Crippen molar-refractivity contribution in [1.29, 1.82) is 0 Å². The van der Waals surface area contributed by atoms with Gasteiger partial charge >= 0.3 is 18.0 Å². The van der Waals surface area contributed by atoms with Crippen LogP contribution in [-0.2, 0) is 30.4 Å². The van der Waals surface area contributed by atoms with Crippen LogP contribution in [0.5, 0.6) is 0 Å². The second-order valence-corrected chi connectivity index (χ2v) is 9.41. The summed E-state index contributed by atoms with van der Waals surface area (Å²) in [6.45, 7) is 6.38. The predicted molar refractivity (Wildman–Crippen MR) is 148 cm³/mol. The van der Waals surface area contributed by atoms with E-state index >= 15 is 0 Å². The number of amides is 1. The number of benzene rings is 3. The molecule has 3 aromatic carbocycles. The molecule has 0 aromatic heterocycles. The molecule has 39 heavy (non-hydrogen) atoms. The van der Waals surface area contributed by atoms with Crippen LogP contribution in [0.4, 0.5) is 4.79 Å². The zero-order valence-electron chi connectivity index (χ0n) is 22.2. The average Bonchev–Trinajstić information content (AvgIpc) is 3.35. The number of likely N-dealkylation sites (tertiary alicyclic amines) is 1. The van der Waals surface area contributed by atoms with E-state index in [9.17, 15) is 14.4 Å². The first kappa shape index (κ1) is 27.6. The number of methoxy groups -OCH3 is 1. The summed E-state index contributed by atoms with van der Waals surface area (Å²) >= 11 is 0. The maximum atomic E-state index is 13.3. The van der Waals surface area contributed by atoms with Crippen molar-refractivity contribution >= 4 is 23.6 Å². The quantitative estimate of drug-likeness (QED) is 0.261. The summed E-state index contributed by atoms with van der Waals surface area (Å²) in [5.74, 6) is -2.06. The minimum Gasteiger partial charge on any atom is -0.469 e. The molecule has 202 valence electrons. The fraction of sp³-hybridized carbons (Fsp3) is 0.281. The fourth-order valence-electron chi connectivity index (χ4n) is 5.05. The Hall–Kier alpha value is -4.39. The van der Waals surface area contributed by atoms with Gasteiger partial charge in [-0.1, -0.05) is 91.5 Å².